The molecule has 174 valence electrons. The molecular formula is C24H24K2N3NaO6. The summed E-state index contributed by atoms with van der Waals surface area (Å²) in [6, 6.07) is 27.3. The first-order valence-electron chi connectivity index (χ1n) is 9.83. The Morgan fingerprint density at radius 3 is 0.833 bits per heavy atom. The Morgan fingerprint density at radius 2 is 0.667 bits per heavy atom. The van der Waals surface area contributed by atoms with Crippen LogP contribution >= 0.6 is 0 Å². The van der Waals surface area contributed by atoms with Crippen molar-refractivity contribution >= 4 is 35.0 Å². The number of hydrogen-bond acceptors (Lipinski definition) is 9. The summed E-state index contributed by atoms with van der Waals surface area (Å²) in [5.41, 5.74) is 2.37. The Bertz CT molecular complexity index is 844. The summed E-state index contributed by atoms with van der Waals surface area (Å²) in [6.07, 6.45) is 0. The van der Waals surface area contributed by atoms with E-state index < -0.39 is 17.9 Å². The van der Waals surface area contributed by atoms with Gasteiger partial charge in [-0.15, -0.1) is 0 Å². The van der Waals surface area contributed by atoms with E-state index in [1.54, 1.807) is 36.4 Å². The van der Waals surface area contributed by atoms with Crippen molar-refractivity contribution in [1.82, 2.24) is 0 Å². The van der Waals surface area contributed by atoms with Gasteiger partial charge < -0.3 is 45.7 Å². The Hall–Kier alpha value is -0.257. The van der Waals surface area contributed by atoms with Crippen molar-refractivity contribution in [3.8, 4) is 0 Å². The molecule has 3 aromatic carbocycles. The first kappa shape index (κ1) is 40.2. The molecule has 0 saturated heterocycles. The number of anilines is 3. The molecule has 0 aliphatic heterocycles. The summed E-state index contributed by atoms with van der Waals surface area (Å²) in [5, 5.41) is 38.0. The predicted octanol–water partition coefficient (Wildman–Crippen LogP) is -9.44. The third kappa shape index (κ3) is 24.1. The second-order valence-corrected chi connectivity index (χ2v) is 6.27. The van der Waals surface area contributed by atoms with Crippen molar-refractivity contribution in [3.63, 3.8) is 0 Å². The molecule has 0 aromatic heterocycles. The van der Waals surface area contributed by atoms with Gasteiger partial charge in [-0.05, 0) is 36.4 Å². The Kier molecular flexibility index (Phi) is 29.5. The summed E-state index contributed by atoms with van der Waals surface area (Å²) < 4.78 is 0. The Labute approximate surface area is 318 Å². The predicted molar refractivity (Wildman–Crippen MR) is 120 cm³/mol. The number of carbonyl (C=O) groups excluding carboxylic acids is 3. The summed E-state index contributed by atoms with van der Waals surface area (Å²) >= 11 is 0. The minimum Gasteiger partial charge on any atom is -0.548 e. The maximum Gasteiger partial charge on any atom is 1.00 e. The van der Waals surface area contributed by atoms with Gasteiger partial charge in [-0.1, -0.05) is 54.6 Å². The molecule has 0 amide bonds. The quantitative estimate of drug-likeness (QED) is 0.220. The molecule has 3 N–H and O–H groups in total. The first-order valence-corrected chi connectivity index (χ1v) is 9.83. The molecule has 3 aromatic rings. The average Bonchev–Trinajstić information content (AvgIpc) is 2.83. The summed E-state index contributed by atoms with van der Waals surface area (Å²) in [7, 11) is 0. The van der Waals surface area contributed by atoms with Gasteiger partial charge in [0, 0.05) is 17.1 Å². The molecule has 0 atom stereocenters. The van der Waals surface area contributed by atoms with Crippen LogP contribution in [0, 0.1) is 0 Å². The summed E-state index contributed by atoms with van der Waals surface area (Å²) in [6.45, 7) is -0.446. The molecule has 0 fully saturated rings. The van der Waals surface area contributed by atoms with Crippen molar-refractivity contribution in [2.45, 2.75) is 0 Å². The second kappa shape index (κ2) is 26.4. The van der Waals surface area contributed by atoms with E-state index in [0.29, 0.717) is 0 Å². The molecule has 0 radical (unpaired) electrons. The van der Waals surface area contributed by atoms with Gasteiger partial charge in [-0.2, -0.15) is 0 Å². The van der Waals surface area contributed by atoms with Gasteiger partial charge in [0.1, 0.15) is 0 Å². The first-order chi connectivity index (χ1) is 15.9. The number of carboxylic acids is 3. The van der Waals surface area contributed by atoms with Crippen LogP contribution in [-0.2, 0) is 14.4 Å². The topological polar surface area (TPSA) is 156 Å². The summed E-state index contributed by atoms with van der Waals surface area (Å²) in [5.74, 6) is -3.31. The third-order valence-corrected chi connectivity index (χ3v) is 3.63. The fourth-order valence-corrected chi connectivity index (χ4v) is 2.19. The van der Waals surface area contributed by atoms with Crippen LogP contribution in [0.15, 0.2) is 91.0 Å². The van der Waals surface area contributed by atoms with Crippen LogP contribution < -0.4 is 164 Å². The third-order valence-electron chi connectivity index (χ3n) is 3.63. The second-order valence-electron chi connectivity index (χ2n) is 6.27. The number of carbonyl (C=O) groups is 3. The zero-order valence-electron chi connectivity index (χ0n) is 20.7. The van der Waals surface area contributed by atoms with Gasteiger partial charge in [0.25, 0.3) is 0 Å². The number of aliphatic carboxylic acids is 3. The van der Waals surface area contributed by atoms with E-state index in [0.717, 1.165) is 17.1 Å². The van der Waals surface area contributed by atoms with Gasteiger partial charge in [0.15, 0.2) is 0 Å². The smallest absolute Gasteiger partial charge is 0.548 e. The molecule has 0 heterocycles. The molecule has 9 nitrogen and oxygen atoms in total. The number of hydrogen-bond donors (Lipinski definition) is 3. The van der Waals surface area contributed by atoms with Gasteiger partial charge in [0.05, 0.1) is 37.5 Å². The molecule has 0 bridgehead atoms. The van der Waals surface area contributed by atoms with E-state index in [-0.39, 0.29) is 152 Å². The van der Waals surface area contributed by atoms with E-state index in [9.17, 15) is 29.7 Å². The van der Waals surface area contributed by atoms with Crippen LogP contribution in [0.2, 0.25) is 0 Å². The number of carboxylic acid groups (broad SMARTS) is 3. The normalized spacial score (nSPS) is 8.33. The number of benzene rings is 3. The largest absolute Gasteiger partial charge is 1.00 e. The molecular weight excluding hydrogens is 527 g/mol. The minimum absolute atomic E-state index is 0. The maximum atomic E-state index is 10.00. The zero-order chi connectivity index (χ0) is 24.3. The van der Waals surface area contributed by atoms with Crippen molar-refractivity contribution < 1.29 is 162 Å². The summed E-state index contributed by atoms with van der Waals surface area (Å²) in [4.78, 5) is 30.0. The van der Waals surface area contributed by atoms with Crippen molar-refractivity contribution in [2.75, 3.05) is 35.6 Å². The number of rotatable bonds is 9. The molecule has 12 heteroatoms. The van der Waals surface area contributed by atoms with Crippen LogP contribution in [0.4, 0.5) is 17.1 Å². The zero-order valence-corrected chi connectivity index (χ0v) is 29.0. The van der Waals surface area contributed by atoms with Gasteiger partial charge >= 0.3 is 132 Å². The fraction of sp³-hybridized carbons (Fsp3) is 0.125. The molecule has 0 spiro atoms. The molecule has 36 heavy (non-hydrogen) atoms. The number of nitrogens with one attached hydrogen (secondary N) is 3. The fourth-order valence-electron chi connectivity index (χ4n) is 2.19. The molecule has 3 rings (SSSR count). The van der Waals surface area contributed by atoms with E-state index in [2.05, 4.69) is 16.0 Å². The molecule has 0 aliphatic carbocycles. The van der Waals surface area contributed by atoms with Gasteiger partial charge in [-0.3, -0.25) is 0 Å². The molecule has 0 aliphatic rings. The van der Waals surface area contributed by atoms with Gasteiger partial charge in [0.2, 0.25) is 0 Å². The Morgan fingerprint density at radius 1 is 0.472 bits per heavy atom. The number of para-hydroxylation sites is 3. The minimum atomic E-state index is -1.10. The SMILES string of the molecule is O=C([O-])CNc1ccccc1.O=C([O-])CNc1ccccc1.O=C([O-])CNc1ccccc1.[K+].[K+].[Na+]. The van der Waals surface area contributed by atoms with Crippen LogP contribution in [0.25, 0.3) is 0 Å². The Balaban J connectivity index is -0.000000436. The van der Waals surface area contributed by atoms with E-state index in [1.807, 2.05) is 54.6 Å². The van der Waals surface area contributed by atoms with Crippen LogP contribution in [0.5, 0.6) is 0 Å². The van der Waals surface area contributed by atoms with Crippen LogP contribution in [0.3, 0.4) is 0 Å². The van der Waals surface area contributed by atoms with Crippen molar-refractivity contribution in [2.24, 2.45) is 0 Å². The average molecular weight is 552 g/mol. The van der Waals surface area contributed by atoms with E-state index in [4.69, 9.17) is 0 Å². The van der Waals surface area contributed by atoms with Crippen molar-refractivity contribution in [1.29, 1.82) is 0 Å². The van der Waals surface area contributed by atoms with Crippen molar-refractivity contribution in [3.05, 3.63) is 91.0 Å². The molecule has 0 unspecified atom stereocenters. The standard InChI is InChI=1S/3C8H9NO2.2K.Na/c3*10-8(11)6-9-7-4-2-1-3-5-7;;;/h3*1-5,9H,6H2,(H,10,11);;;/q;;;3*+1/p-3. The molecule has 0 saturated carbocycles. The van der Waals surface area contributed by atoms with Crippen LogP contribution in [0.1, 0.15) is 0 Å². The van der Waals surface area contributed by atoms with Crippen LogP contribution in [-0.4, -0.2) is 37.5 Å². The van der Waals surface area contributed by atoms with E-state index >= 15 is 0 Å². The van der Waals surface area contributed by atoms with E-state index in [1.165, 1.54) is 0 Å². The monoisotopic (exact) mass is 551 g/mol. The van der Waals surface area contributed by atoms with Gasteiger partial charge in [-0.25, -0.2) is 0 Å². The maximum absolute atomic E-state index is 10.00.